The van der Waals surface area contributed by atoms with Gasteiger partial charge in [0.15, 0.2) is 0 Å². The van der Waals surface area contributed by atoms with E-state index < -0.39 is 0 Å². The van der Waals surface area contributed by atoms with E-state index in [9.17, 15) is 0 Å². The molecule has 2 heterocycles. The Morgan fingerprint density at radius 3 is 3.13 bits per heavy atom. The summed E-state index contributed by atoms with van der Waals surface area (Å²) in [6, 6.07) is 5.84. The minimum atomic E-state index is 0.782. The van der Waals surface area contributed by atoms with Gasteiger partial charge in [-0.05, 0) is 29.0 Å². The minimum absolute atomic E-state index is 0.782. The second-order valence-electron chi connectivity index (χ2n) is 3.34. The van der Waals surface area contributed by atoms with Crippen LogP contribution < -0.4 is 5.32 Å². The topological polar surface area (TPSA) is 51.0 Å². The Labute approximate surface area is 86.2 Å². The van der Waals surface area contributed by atoms with Crippen molar-refractivity contribution in [1.82, 2.24) is 15.6 Å². The Kier molecular flexibility index (Phi) is 1.78. The fraction of sp³-hybridized carbons (Fsp3) is 0.0909. The summed E-state index contributed by atoms with van der Waals surface area (Å²) in [5.74, 6) is 0. The highest BCUT2D eigenvalue weighted by atomic mass is 16.6. The van der Waals surface area contributed by atoms with Crippen LogP contribution in [0.25, 0.3) is 16.7 Å². The van der Waals surface area contributed by atoms with Crippen LogP contribution in [0.4, 0.5) is 0 Å². The van der Waals surface area contributed by atoms with Gasteiger partial charge in [0.1, 0.15) is 11.0 Å². The van der Waals surface area contributed by atoms with Gasteiger partial charge < -0.3 is 5.32 Å². The van der Waals surface area contributed by atoms with Crippen molar-refractivity contribution in [1.29, 1.82) is 0 Å². The molecule has 15 heavy (non-hydrogen) atoms. The molecule has 1 aromatic heterocycles. The standard InChI is InChI=1S/C11H9N3O/c1-2-7-12-9(5-1)8-4-3-6-10-11(8)14-15-13-10/h2-7,12H,1H2. The SMILES string of the molecule is C1=CNC(c2cccc3nonc23)=CC1. The average molecular weight is 199 g/mol. The first-order valence-electron chi connectivity index (χ1n) is 4.78. The second kappa shape index (κ2) is 3.24. The monoisotopic (exact) mass is 199 g/mol. The predicted molar refractivity (Wildman–Crippen MR) is 56.7 cm³/mol. The molecule has 0 saturated carbocycles. The van der Waals surface area contributed by atoms with Crippen LogP contribution in [-0.4, -0.2) is 10.3 Å². The maximum Gasteiger partial charge on any atom is 0.144 e. The summed E-state index contributed by atoms with van der Waals surface area (Å²) in [5, 5.41) is 10.9. The molecule has 0 bridgehead atoms. The van der Waals surface area contributed by atoms with Gasteiger partial charge in [-0.1, -0.05) is 24.3 Å². The van der Waals surface area contributed by atoms with Crippen molar-refractivity contribution in [3.05, 3.63) is 42.1 Å². The van der Waals surface area contributed by atoms with Crippen molar-refractivity contribution in [2.24, 2.45) is 0 Å². The summed E-state index contributed by atoms with van der Waals surface area (Å²) >= 11 is 0. The first-order valence-corrected chi connectivity index (χ1v) is 4.78. The number of hydrogen-bond donors (Lipinski definition) is 1. The third-order valence-corrected chi connectivity index (χ3v) is 2.39. The number of allylic oxidation sites excluding steroid dienone is 2. The van der Waals surface area contributed by atoms with Crippen molar-refractivity contribution in [2.45, 2.75) is 6.42 Å². The zero-order valence-corrected chi connectivity index (χ0v) is 7.97. The van der Waals surface area contributed by atoms with Crippen molar-refractivity contribution in [3.8, 4) is 0 Å². The molecule has 3 rings (SSSR count). The number of rotatable bonds is 1. The molecule has 1 N–H and O–H groups in total. The molecule has 1 aliphatic rings. The molecule has 0 atom stereocenters. The van der Waals surface area contributed by atoms with E-state index in [0.29, 0.717) is 0 Å². The average Bonchev–Trinajstić information content (AvgIpc) is 2.78. The van der Waals surface area contributed by atoms with Crippen LogP contribution in [0.2, 0.25) is 0 Å². The van der Waals surface area contributed by atoms with E-state index in [0.717, 1.165) is 28.7 Å². The van der Waals surface area contributed by atoms with Crippen molar-refractivity contribution in [2.75, 3.05) is 0 Å². The fourth-order valence-corrected chi connectivity index (χ4v) is 1.67. The molecule has 0 unspecified atom stereocenters. The second-order valence-corrected chi connectivity index (χ2v) is 3.34. The van der Waals surface area contributed by atoms with E-state index in [1.807, 2.05) is 24.4 Å². The molecule has 0 aliphatic carbocycles. The number of benzene rings is 1. The van der Waals surface area contributed by atoms with E-state index in [-0.39, 0.29) is 0 Å². The van der Waals surface area contributed by atoms with Gasteiger partial charge in [-0.2, -0.15) is 0 Å². The van der Waals surface area contributed by atoms with Crippen LogP contribution in [0, 0.1) is 0 Å². The van der Waals surface area contributed by atoms with Crippen molar-refractivity contribution in [3.63, 3.8) is 0 Å². The van der Waals surface area contributed by atoms with E-state index in [2.05, 4.69) is 27.8 Å². The molecule has 4 nitrogen and oxygen atoms in total. The van der Waals surface area contributed by atoms with Crippen LogP contribution in [0.1, 0.15) is 12.0 Å². The number of nitrogens with zero attached hydrogens (tertiary/aromatic N) is 2. The zero-order chi connectivity index (χ0) is 10.1. The summed E-state index contributed by atoms with van der Waals surface area (Å²) in [5.41, 5.74) is 3.66. The summed E-state index contributed by atoms with van der Waals surface area (Å²) in [6.07, 6.45) is 7.04. The van der Waals surface area contributed by atoms with Gasteiger partial charge >= 0.3 is 0 Å². The van der Waals surface area contributed by atoms with Crippen LogP contribution in [-0.2, 0) is 0 Å². The zero-order valence-electron chi connectivity index (χ0n) is 7.97. The van der Waals surface area contributed by atoms with E-state index >= 15 is 0 Å². The van der Waals surface area contributed by atoms with Crippen molar-refractivity contribution >= 4 is 16.7 Å². The quantitative estimate of drug-likeness (QED) is 0.763. The number of fused-ring (bicyclic) bond motifs is 1. The van der Waals surface area contributed by atoms with Crippen LogP contribution in [0.15, 0.2) is 41.2 Å². The molecule has 4 heteroatoms. The lowest BCUT2D eigenvalue weighted by molar-refractivity contribution is 0.315. The number of dihydropyridines is 1. The summed E-state index contributed by atoms with van der Waals surface area (Å²) in [4.78, 5) is 0. The van der Waals surface area contributed by atoms with Gasteiger partial charge in [0.05, 0.1) is 0 Å². The largest absolute Gasteiger partial charge is 0.362 e. The first kappa shape index (κ1) is 8.23. The van der Waals surface area contributed by atoms with Gasteiger partial charge in [-0.25, -0.2) is 4.63 Å². The third-order valence-electron chi connectivity index (χ3n) is 2.39. The van der Waals surface area contributed by atoms with Gasteiger partial charge in [-0.15, -0.1) is 0 Å². The minimum Gasteiger partial charge on any atom is -0.362 e. The molecule has 1 aromatic carbocycles. The van der Waals surface area contributed by atoms with Gasteiger partial charge in [0, 0.05) is 11.3 Å². The molecule has 2 aromatic rings. The maximum atomic E-state index is 4.72. The molecule has 74 valence electrons. The number of nitrogens with one attached hydrogen (secondary N) is 1. The summed E-state index contributed by atoms with van der Waals surface area (Å²) < 4.78 is 4.72. The van der Waals surface area contributed by atoms with E-state index in [4.69, 9.17) is 4.63 Å². The lowest BCUT2D eigenvalue weighted by Crippen LogP contribution is -2.06. The number of aromatic nitrogens is 2. The van der Waals surface area contributed by atoms with Gasteiger partial charge in [-0.3, -0.25) is 0 Å². The van der Waals surface area contributed by atoms with Gasteiger partial charge in [0.25, 0.3) is 0 Å². The highest BCUT2D eigenvalue weighted by molar-refractivity contribution is 5.88. The Morgan fingerprint density at radius 1 is 1.27 bits per heavy atom. The molecule has 0 radical (unpaired) electrons. The highest BCUT2D eigenvalue weighted by Gasteiger charge is 2.10. The molecule has 0 spiro atoms. The number of hydrogen-bond acceptors (Lipinski definition) is 4. The normalized spacial score (nSPS) is 15.1. The Balaban J connectivity index is 2.17. The molecule has 1 aliphatic heterocycles. The summed E-state index contributed by atoms with van der Waals surface area (Å²) in [6.45, 7) is 0. The van der Waals surface area contributed by atoms with Crippen LogP contribution in [0.5, 0.6) is 0 Å². The maximum absolute atomic E-state index is 4.72. The highest BCUT2D eigenvalue weighted by Crippen LogP contribution is 2.22. The lowest BCUT2D eigenvalue weighted by Gasteiger charge is -2.10. The van der Waals surface area contributed by atoms with Crippen LogP contribution >= 0.6 is 0 Å². The van der Waals surface area contributed by atoms with Gasteiger partial charge in [0.2, 0.25) is 0 Å². The molecule has 0 amide bonds. The molecule has 0 saturated heterocycles. The Hall–Kier alpha value is -2.10. The van der Waals surface area contributed by atoms with Crippen LogP contribution in [0.3, 0.4) is 0 Å². The van der Waals surface area contributed by atoms with E-state index in [1.54, 1.807) is 0 Å². The lowest BCUT2D eigenvalue weighted by atomic mass is 10.1. The summed E-state index contributed by atoms with van der Waals surface area (Å²) in [7, 11) is 0. The van der Waals surface area contributed by atoms with E-state index in [1.165, 1.54) is 0 Å². The Bertz CT molecular complexity index is 554. The molecular weight excluding hydrogens is 190 g/mol. The van der Waals surface area contributed by atoms with Crippen molar-refractivity contribution < 1.29 is 4.63 Å². The third kappa shape index (κ3) is 1.30. The first-order chi connectivity index (χ1) is 7.45. The smallest absolute Gasteiger partial charge is 0.144 e. The molecular formula is C11H9N3O. The molecule has 0 fully saturated rings. The Morgan fingerprint density at radius 2 is 2.27 bits per heavy atom. The fourth-order valence-electron chi connectivity index (χ4n) is 1.67. The predicted octanol–water partition coefficient (Wildman–Crippen LogP) is 2.07.